The van der Waals surface area contributed by atoms with Gasteiger partial charge in [0.25, 0.3) is 0 Å². The number of likely N-dealkylation sites (tertiary alicyclic amines) is 1. The van der Waals surface area contributed by atoms with E-state index in [4.69, 9.17) is 14.6 Å². The van der Waals surface area contributed by atoms with Gasteiger partial charge in [0.05, 0.1) is 12.3 Å². The first-order valence-electron chi connectivity index (χ1n) is 13.8. The molecule has 2 N–H and O–H groups in total. The van der Waals surface area contributed by atoms with E-state index >= 15 is 0 Å². The van der Waals surface area contributed by atoms with Gasteiger partial charge >= 0.3 is 6.03 Å². The Bertz CT molecular complexity index is 1700. The predicted octanol–water partition coefficient (Wildman–Crippen LogP) is 4.05. The molecular weight excluding hydrogens is 524 g/mol. The first-order chi connectivity index (χ1) is 20.0. The number of hydrogen-bond donors (Lipinski definition) is 2. The Morgan fingerprint density at radius 2 is 2.07 bits per heavy atom. The van der Waals surface area contributed by atoms with E-state index in [9.17, 15) is 10.1 Å². The third kappa shape index (κ3) is 4.31. The fourth-order valence-corrected chi connectivity index (χ4v) is 6.16. The summed E-state index contributed by atoms with van der Waals surface area (Å²) in [5, 5.41) is 21.0. The molecule has 7 rings (SSSR count). The second kappa shape index (κ2) is 9.74. The molecule has 0 bridgehead atoms. The van der Waals surface area contributed by atoms with Crippen LogP contribution in [0.5, 0.6) is 11.5 Å². The molecule has 1 unspecified atom stereocenters. The maximum absolute atomic E-state index is 12.7. The highest BCUT2D eigenvalue weighted by molar-refractivity contribution is 5.89. The smallest absolute Gasteiger partial charge is 0.323 e. The molecule has 41 heavy (non-hydrogen) atoms. The summed E-state index contributed by atoms with van der Waals surface area (Å²) in [5.41, 5.74) is 2.84. The summed E-state index contributed by atoms with van der Waals surface area (Å²) in [6, 6.07) is 7.38. The lowest BCUT2D eigenvalue weighted by Crippen LogP contribution is -2.34. The van der Waals surface area contributed by atoms with Crippen LogP contribution in [0.2, 0.25) is 0 Å². The minimum absolute atomic E-state index is 0.0398. The lowest BCUT2D eigenvalue weighted by atomic mass is 9.66. The van der Waals surface area contributed by atoms with Crippen LogP contribution in [0, 0.1) is 11.3 Å². The highest BCUT2D eigenvalue weighted by atomic mass is 16.5. The maximum Gasteiger partial charge on any atom is 0.323 e. The largest absolute Gasteiger partial charge is 0.454 e. The van der Waals surface area contributed by atoms with Crippen LogP contribution in [0.25, 0.3) is 11.2 Å². The number of hydrogen-bond acceptors (Lipinski definition) is 9. The van der Waals surface area contributed by atoms with Crippen molar-refractivity contribution in [2.24, 2.45) is 7.05 Å². The highest BCUT2D eigenvalue weighted by Crippen LogP contribution is 2.50. The van der Waals surface area contributed by atoms with Crippen molar-refractivity contribution in [2.45, 2.75) is 50.2 Å². The summed E-state index contributed by atoms with van der Waals surface area (Å²) >= 11 is 0. The molecule has 3 aliphatic rings. The lowest BCUT2D eigenvalue weighted by molar-refractivity contribution is 0.111. The summed E-state index contributed by atoms with van der Waals surface area (Å²) in [6.45, 7) is 2.08. The van der Waals surface area contributed by atoms with Gasteiger partial charge in [0.1, 0.15) is 28.7 Å². The Morgan fingerprint density at radius 3 is 2.83 bits per heavy atom. The van der Waals surface area contributed by atoms with Gasteiger partial charge in [0, 0.05) is 63.2 Å². The first-order valence-corrected chi connectivity index (χ1v) is 13.8. The third-order valence-electron chi connectivity index (χ3n) is 8.61. The number of fused-ring (bicyclic) bond motifs is 3. The zero-order chi connectivity index (χ0) is 28.1. The molecule has 1 saturated carbocycles. The normalized spacial score (nSPS) is 18.8. The van der Waals surface area contributed by atoms with E-state index in [1.807, 2.05) is 7.05 Å². The number of anilines is 3. The molecule has 2 amide bonds. The molecule has 2 fully saturated rings. The molecule has 0 radical (unpaired) electrons. The van der Waals surface area contributed by atoms with Crippen LogP contribution in [-0.4, -0.2) is 66.5 Å². The minimum Gasteiger partial charge on any atom is -0.454 e. The Balaban J connectivity index is 1.11. The van der Waals surface area contributed by atoms with Gasteiger partial charge in [0.15, 0.2) is 17.2 Å². The van der Waals surface area contributed by atoms with E-state index in [1.165, 1.54) is 43.8 Å². The van der Waals surface area contributed by atoms with Crippen LogP contribution >= 0.6 is 0 Å². The van der Waals surface area contributed by atoms with Gasteiger partial charge in [-0.25, -0.2) is 14.8 Å². The quantitative estimate of drug-likeness (QED) is 0.360. The van der Waals surface area contributed by atoms with E-state index in [0.29, 0.717) is 47.3 Å². The summed E-state index contributed by atoms with van der Waals surface area (Å²) < 4.78 is 15.3. The van der Waals surface area contributed by atoms with Crippen molar-refractivity contribution in [3.8, 4) is 17.6 Å². The molecule has 210 valence electrons. The Labute approximate surface area is 236 Å². The van der Waals surface area contributed by atoms with Crippen LogP contribution in [-0.2, 0) is 23.7 Å². The molecule has 4 aromatic rings. The van der Waals surface area contributed by atoms with Crippen LogP contribution < -0.4 is 15.4 Å². The van der Waals surface area contributed by atoms with E-state index < -0.39 is 0 Å². The Kier molecular flexibility index (Phi) is 6.01. The number of aromatic nitrogens is 6. The second-order valence-corrected chi connectivity index (χ2v) is 10.9. The van der Waals surface area contributed by atoms with E-state index in [1.54, 1.807) is 28.7 Å². The average Bonchev–Trinajstić information content (AvgIpc) is 3.72. The van der Waals surface area contributed by atoms with Crippen LogP contribution in [0.15, 0.2) is 30.6 Å². The van der Waals surface area contributed by atoms with E-state index in [2.05, 4.69) is 42.4 Å². The third-order valence-corrected chi connectivity index (χ3v) is 8.61. The molecule has 6 heterocycles. The standard InChI is InChI=1S/C28H30N10O3/c1-36-24-19(14-29)20(41-17-4-9-30-22(12-17)33-27(39)37-10-5-18(16-37)40-2)15-31-25(24)34-26(36)32-23-13-21-28(6-3-7-28)8-11-38(21)35-23/h4,9,12-13,15,18H,3,5-8,10-11,16H2,1-2H3,(H,30,33,39)(H,31,32,34,35). The number of ether oxygens (including phenoxy) is 2. The van der Waals surface area contributed by atoms with Gasteiger partial charge in [0.2, 0.25) is 5.95 Å². The van der Waals surface area contributed by atoms with Crippen molar-refractivity contribution in [1.29, 1.82) is 5.26 Å². The molecule has 4 aromatic heterocycles. The van der Waals surface area contributed by atoms with Crippen LogP contribution in [0.3, 0.4) is 0 Å². The molecule has 2 aliphatic heterocycles. The number of carbonyl (C=O) groups excluding carboxylic acids is 1. The van der Waals surface area contributed by atoms with Crippen molar-refractivity contribution in [1.82, 2.24) is 34.2 Å². The Hall–Kier alpha value is -4.70. The summed E-state index contributed by atoms with van der Waals surface area (Å²) in [7, 11) is 3.47. The number of imidazole rings is 1. The monoisotopic (exact) mass is 554 g/mol. The van der Waals surface area contributed by atoms with Crippen LogP contribution in [0.4, 0.5) is 22.4 Å². The molecule has 0 aromatic carbocycles. The summed E-state index contributed by atoms with van der Waals surface area (Å²) in [4.78, 5) is 27.7. The van der Waals surface area contributed by atoms with Crippen molar-refractivity contribution < 1.29 is 14.3 Å². The molecule has 1 spiro atoms. The first kappa shape index (κ1) is 25.3. The van der Waals surface area contributed by atoms with Gasteiger partial charge in [-0.15, -0.1) is 0 Å². The molecule has 13 nitrogen and oxygen atoms in total. The molecule has 1 aliphatic carbocycles. The molecule has 13 heteroatoms. The van der Waals surface area contributed by atoms with Crippen molar-refractivity contribution in [3.05, 3.63) is 41.9 Å². The van der Waals surface area contributed by atoms with E-state index in [0.717, 1.165) is 18.8 Å². The second-order valence-electron chi connectivity index (χ2n) is 10.9. The summed E-state index contributed by atoms with van der Waals surface area (Å²) in [5.74, 6) is 2.28. The lowest BCUT2D eigenvalue weighted by Gasteiger charge is -2.37. The number of methoxy groups -OCH3 is 1. The average molecular weight is 555 g/mol. The number of carbonyl (C=O) groups is 1. The minimum atomic E-state index is -0.254. The number of nitrogens with one attached hydrogen (secondary N) is 2. The number of urea groups is 1. The number of rotatable bonds is 6. The van der Waals surface area contributed by atoms with Gasteiger partial charge in [-0.3, -0.25) is 10.00 Å². The van der Waals surface area contributed by atoms with Crippen molar-refractivity contribution in [2.75, 3.05) is 30.8 Å². The van der Waals surface area contributed by atoms with Crippen molar-refractivity contribution >= 4 is 34.8 Å². The molecule has 1 saturated heterocycles. The number of pyridine rings is 2. The van der Waals surface area contributed by atoms with Crippen LogP contribution in [0.1, 0.15) is 43.4 Å². The number of aryl methyl sites for hydroxylation is 2. The number of nitrogens with zero attached hydrogens (tertiary/aromatic N) is 8. The van der Waals surface area contributed by atoms with Gasteiger partial charge in [-0.1, -0.05) is 6.42 Å². The Morgan fingerprint density at radius 1 is 1.20 bits per heavy atom. The predicted molar refractivity (Wildman–Crippen MR) is 149 cm³/mol. The van der Waals surface area contributed by atoms with Crippen molar-refractivity contribution in [3.63, 3.8) is 0 Å². The fourth-order valence-electron chi connectivity index (χ4n) is 6.16. The van der Waals surface area contributed by atoms with E-state index in [-0.39, 0.29) is 23.3 Å². The van der Waals surface area contributed by atoms with Gasteiger partial charge in [-0.2, -0.15) is 15.3 Å². The zero-order valence-corrected chi connectivity index (χ0v) is 22.9. The van der Waals surface area contributed by atoms with Gasteiger partial charge < -0.3 is 24.3 Å². The SMILES string of the molecule is COC1CCN(C(=O)Nc2cc(Oc3cnc4nc(Nc5cc6n(n5)CCC65CCC5)n(C)c4c3C#N)ccn2)C1. The maximum atomic E-state index is 12.7. The topological polar surface area (TPSA) is 148 Å². The highest BCUT2D eigenvalue weighted by Gasteiger charge is 2.45. The molecular formula is C28H30N10O3. The van der Waals surface area contributed by atoms with Gasteiger partial charge in [-0.05, 0) is 31.7 Å². The zero-order valence-electron chi connectivity index (χ0n) is 22.9. The number of nitriles is 1. The summed E-state index contributed by atoms with van der Waals surface area (Å²) in [6.07, 6.45) is 8.74. The number of amides is 2. The fraction of sp³-hybridized carbons (Fsp3) is 0.429. The molecule has 1 atom stereocenters.